The lowest BCUT2D eigenvalue weighted by molar-refractivity contribution is 0.413. The van der Waals surface area contributed by atoms with Crippen molar-refractivity contribution in [3.8, 4) is 16.9 Å². The van der Waals surface area contributed by atoms with Crippen molar-refractivity contribution in [1.82, 2.24) is 15.5 Å². The summed E-state index contributed by atoms with van der Waals surface area (Å²) in [6.45, 7) is 2.50. The number of methoxy groups -OCH3 is 1. The van der Waals surface area contributed by atoms with Crippen LogP contribution in [0.5, 0.6) is 5.75 Å². The number of halogens is 1. The molecule has 0 amide bonds. The van der Waals surface area contributed by atoms with Gasteiger partial charge in [-0.05, 0) is 36.2 Å². The molecule has 1 aromatic heterocycles. The van der Waals surface area contributed by atoms with Crippen LogP contribution in [0.15, 0.2) is 54.9 Å². The molecule has 1 heterocycles. The number of rotatable bonds is 6. The molecule has 0 aliphatic carbocycles. The smallest absolute Gasteiger partial charge is 0.128 e. The third-order valence-electron chi connectivity index (χ3n) is 4.08. The molecule has 4 nitrogen and oxygen atoms in total. The normalized spacial score (nSPS) is 12.1. The molecule has 3 rings (SSSR count). The maximum absolute atomic E-state index is 14.3. The Hall–Kier alpha value is -2.66. The van der Waals surface area contributed by atoms with Gasteiger partial charge in [0.15, 0.2) is 0 Å². The number of nitrogens with zero attached hydrogens (tertiary/aromatic N) is 1. The summed E-state index contributed by atoms with van der Waals surface area (Å²) in [5.41, 5.74) is 3.42. The first-order valence-electron chi connectivity index (χ1n) is 7.82. The van der Waals surface area contributed by atoms with Crippen molar-refractivity contribution in [2.45, 2.75) is 19.5 Å². The van der Waals surface area contributed by atoms with Crippen molar-refractivity contribution in [3.05, 3.63) is 71.8 Å². The third-order valence-corrected chi connectivity index (χ3v) is 4.08. The molecule has 0 fully saturated rings. The summed E-state index contributed by atoms with van der Waals surface area (Å²) in [5.74, 6) is 0.593. The number of hydrogen-bond donors (Lipinski definition) is 2. The zero-order valence-corrected chi connectivity index (χ0v) is 13.7. The summed E-state index contributed by atoms with van der Waals surface area (Å²) in [6, 6.07) is 13.2. The second-order valence-corrected chi connectivity index (χ2v) is 5.67. The molecule has 124 valence electrons. The highest BCUT2D eigenvalue weighted by atomic mass is 19.1. The van der Waals surface area contributed by atoms with Crippen LogP contribution in [0.1, 0.15) is 24.1 Å². The standard InChI is InChI=1S/C19H20FN3O/c1-13(14-4-3-5-18(8-14)24-2)21-10-16-7-6-15(9-19(16)20)17-11-22-23-12-17/h3-9,11-13,21H,10H2,1-2H3,(H,22,23)/t13-/m1/s1. The third kappa shape index (κ3) is 3.63. The molecule has 2 aromatic carbocycles. The minimum absolute atomic E-state index is 0.0908. The fourth-order valence-corrected chi connectivity index (χ4v) is 2.57. The van der Waals surface area contributed by atoms with Gasteiger partial charge < -0.3 is 10.1 Å². The van der Waals surface area contributed by atoms with Crippen molar-refractivity contribution in [2.24, 2.45) is 0 Å². The molecule has 24 heavy (non-hydrogen) atoms. The molecule has 3 aromatic rings. The van der Waals surface area contributed by atoms with Crippen LogP contribution >= 0.6 is 0 Å². The van der Waals surface area contributed by atoms with Crippen molar-refractivity contribution in [2.75, 3.05) is 7.11 Å². The molecule has 0 bridgehead atoms. The average Bonchev–Trinajstić information content (AvgIpc) is 3.15. The van der Waals surface area contributed by atoms with E-state index in [1.54, 1.807) is 19.5 Å². The van der Waals surface area contributed by atoms with Gasteiger partial charge in [-0.1, -0.05) is 24.3 Å². The Morgan fingerprint density at radius 3 is 2.79 bits per heavy atom. The molecule has 0 spiro atoms. The molecule has 5 heteroatoms. The van der Waals surface area contributed by atoms with Crippen LogP contribution in [0.2, 0.25) is 0 Å². The van der Waals surface area contributed by atoms with Gasteiger partial charge in [-0.25, -0.2) is 4.39 Å². The van der Waals surface area contributed by atoms with E-state index in [9.17, 15) is 4.39 Å². The number of aromatic amines is 1. The van der Waals surface area contributed by atoms with E-state index in [2.05, 4.69) is 15.5 Å². The SMILES string of the molecule is COc1cccc([C@@H](C)NCc2ccc(-c3cn[nH]c3)cc2F)c1. The summed E-state index contributed by atoms with van der Waals surface area (Å²) in [7, 11) is 1.65. The molecule has 0 saturated heterocycles. The quantitative estimate of drug-likeness (QED) is 0.718. The van der Waals surface area contributed by atoms with E-state index >= 15 is 0 Å². The fourth-order valence-electron chi connectivity index (χ4n) is 2.57. The van der Waals surface area contributed by atoms with Gasteiger partial charge in [-0.3, -0.25) is 5.10 Å². The maximum Gasteiger partial charge on any atom is 0.128 e. The first-order chi connectivity index (χ1) is 11.7. The topological polar surface area (TPSA) is 49.9 Å². The van der Waals surface area contributed by atoms with Gasteiger partial charge in [0.2, 0.25) is 0 Å². The maximum atomic E-state index is 14.3. The molecule has 0 aliphatic rings. The van der Waals surface area contributed by atoms with Gasteiger partial charge in [0.1, 0.15) is 11.6 Å². The first-order valence-corrected chi connectivity index (χ1v) is 7.82. The molecule has 0 radical (unpaired) electrons. The molecular weight excluding hydrogens is 305 g/mol. The van der Waals surface area contributed by atoms with Crippen molar-refractivity contribution in [1.29, 1.82) is 0 Å². The minimum Gasteiger partial charge on any atom is -0.497 e. The van der Waals surface area contributed by atoms with E-state index in [1.165, 1.54) is 6.07 Å². The van der Waals surface area contributed by atoms with Crippen LogP contribution in [-0.4, -0.2) is 17.3 Å². The van der Waals surface area contributed by atoms with Crippen LogP contribution in [0.3, 0.4) is 0 Å². The molecule has 0 aliphatic heterocycles. The van der Waals surface area contributed by atoms with Crippen molar-refractivity contribution < 1.29 is 9.13 Å². The zero-order valence-electron chi connectivity index (χ0n) is 13.7. The Labute approximate surface area is 140 Å². The van der Waals surface area contributed by atoms with Gasteiger partial charge in [-0.2, -0.15) is 5.10 Å². The zero-order chi connectivity index (χ0) is 16.9. The molecule has 0 unspecified atom stereocenters. The summed E-state index contributed by atoms with van der Waals surface area (Å²) >= 11 is 0. The highest BCUT2D eigenvalue weighted by Crippen LogP contribution is 2.22. The highest BCUT2D eigenvalue weighted by Gasteiger charge is 2.09. The summed E-state index contributed by atoms with van der Waals surface area (Å²) < 4.78 is 19.6. The number of aromatic nitrogens is 2. The van der Waals surface area contributed by atoms with Gasteiger partial charge >= 0.3 is 0 Å². The van der Waals surface area contributed by atoms with E-state index < -0.39 is 0 Å². The summed E-state index contributed by atoms with van der Waals surface area (Å²) in [6.07, 6.45) is 3.43. The average molecular weight is 325 g/mol. The number of ether oxygens (including phenoxy) is 1. The van der Waals surface area contributed by atoms with E-state index in [1.807, 2.05) is 43.3 Å². The second kappa shape index (κ2) is 7.27. The van der Waals surface area contributed by atoms with E-state index in [0.717, 1.165) is 22.4 Å². The number of benzene rings is 2. The predicted octanol–water partition coefficient (Wildman–Crippen LogP) is 4.08. The van der Waals surface area contributed by atoms with Crippen LogP contribution in [-0.2, 0) is 6.54 Å². The van der Waals surface area contributed by atoms with E-state index in [0.29, 0.717) is 12.1 Å². The largest absolute Gasteiger partial charge is 0.497 e. The second-order valence-electron chi connectivity index (χ2n) is 5.67. The van der Waals surface area contributed by atoms with Gasteiger partial charge in [0.05, 0.1) is 13.3 Å². The van der Waals surface area contributed by atoms with Crippen molar-refractivity contribution in [3.63, 3.8) is 0 Å². The van der Waals surface area contributed by atoms with Gasteiger partial charge in [-0.15, -0.1) is 0 Å². The van der Waals surface area contributed by atoms with E-state index in [-0.39, 0.29) is 11.9 Å². The first kappa shape index (κ1) is 16.2. The monoisotopic (exact) mass is 325 g/mol. The van der Waals surface area contributed by atoms with Crippen LogP contribution < -0.4 is 10.1 Å². The van der Waals surface area contributed by atoms with Gasteiger partial charge in [0, 0.05) is 29.9 Å². The Morgan fingerprint density at radius 2 is 2.08 bits per heavy atom. The lowest BCUT2D eigenvalue weighted by Crippen LogP contribution is -2.18. The Balaban J connectivity index is 1.68. The summed E-state index contributed by atoms with van der Waals surface area (Å²) in [4.78, 5) is 0. The Bertz CT molecular complexity index is 802. The molecule has 0 saturated carbocycles. The highest BCUT2D eigenvalue weighted by molar-refractivity contribution is 5.62. The lowest BCUT2D eigenvalue weighted by Gasteiger charge is -2.16. The van der Waals surface area contributed by atoms with Crippen LogP contribution in [0, 0.1) is 5.82 Å². The van der Waals surface area contributed by atoms with Crippen LogP contribution in [0.25, 0.3) is 11.1 Å². The van der Waals surface area contributed by atoms with Crippen molar-refractivity contribution >= 4 is 0 Å². The predicted molar refractivity (Wildman–Crippen MR) is 92.2 cm³/mol. The van der Waals surface area contributed by atoms with E-state index in [4.69, 9.17) is 4.74 Å². The Kier molecular flexibility index (Phi) is 4.91. The molecular formula is C19H20FN3O. The molecule has 1 atom stereocenters. The number of H-pyrrole nitrogens is 1. The lowest BCUT2D eigenvalue weighted by atomic mass is 10.1. The summed E-state index contributed by atoms with van der Waals surface area (Å²) in [5, 5.41) is 9.97. The fraction of sp³-hybridized carbons (Fsp3) is 0.211. The molecule has 2 N–H and O–H groups in total. The number of nitrogens with one attached hydrogen (secondary N) is 2. The minimum atomic E-state index is -0.223. The van der Waals surface area contributed by atoms with Crippen LogP contribution in [0.4, 0.5) is 4.39 Å². The Morgan fingerprint density at radius 1 is 1.21 bits per heavy atom. The van der Waals surface area contributed by atoms with Gasteiger partial charge in [0.25, 0.3) is 0 Å². The number of hydrogen-bond acceptors (Lipinski definition) is 3.